The van der Waals surface area contributed by atoms with Gasteiger partial charge < -0.3 is 9.80 Å². The van der Waals surface area contributed by atoms with Gasteiger partial charge in [0.15, 0.2) is 0 Å². The third kappa shape index (κ3) is 7.98. The molecule has 0 spiro atoms. The molecule has 0 heterocycles. The van der Waals surface area contributed by atoms with Crippen LogP contribution in [0, 0.1) is 0 Å². The molecule has 2 heteroatoms. The van der Waals surface area contributed by atoms with Crippen molar-refractivity contribution in [3.63, 3.8) is 0 Å². The lowest BCUT2D eigenvalue weighted by Crippen LogP contribution is -2.13. The molecule has 13 rings (SSSR count). The maximum absolute atomic E-state index is 2.48. The van der Waals surface area contributed by atoms with Crippen molar-refractivity contribution in [2.75, 3.05) is 9.80 Å². The molecule has 13 aromatic carbocycles. The summed E-state index contributed by atoms with van der Waals surface area (Å²) in [4.78, 5) is 4.96. The number of anilines is 6. The minimum Gasteiger partial charge on any atom is -0.310 e. The lowest BCUT2D eigenvalue weighted by molar-refractivity contribution is 0.590. The summed E-state index contributed by atoms with van der Waals surface area (Å²) in [6.07, 6.45) is 0. The Labute approximate surface area is 460 Å². The van der Waals surface area contributed by atoms with Crippen molar-refractivity contribution in [3.8, 4) is 22.3 Å². The van der Waals surface area contributed by atoms with Crippen LogP contribution in [0.4, 0.5) is 34.1 Å². The summed E-state index contributed by atoms with van der Waals surface area (Å²) in [7, 11) is 0. The first kappa shape index (κ1) is 49.1. The summed E-state index contributed by atoms with van der Waals surface area (Å²) in [5.41, 5.74) is 17.3. The summed E-state index contributed by atoms with van der Waals surface area (Å²) in [5, 5.41) is 15.4. The number of hydrogen-bond acceptors (Lipinski definition) is 2. The van der Waals surface area contributed by atoms with Gasteiger partial charge in [0.25, 0.3) is 0 Å². The zero-order valence-electron chi connectivity index (χ0n) is 46.8. The van der Waals surface area contributed by atoms with Crippen molar-refractivity contribution in [2.45, 2.75) is 91.9 Å². The smallest absolute Gasteiger partial charge is 0.0540 e. The minimum absolute atomic E-state index is 0.0386. The van der Waals surface area contributed by atoms with Gasteiger partial charge in [0, 0.05) is 33.5 Å². The van der Waals surface area contributed by atoms with E-state index in [0.29, 0.717) is 11.8 Å². The van der Waals surface area contributed by atoms with E-state index in [0.717, 1.165) is 22.7 Å². The van der Waals surface area contributed by atoms with E-state index < -0.39 is 0 Å². The van der Waals surface area contributed by atoms with E-state index in [1.54, 1.807) is 0 Å². The lowest BCUT2D eigenvalue weighted by atomic mass is 9.87. The summed E-state index contributed by atoms with van der Waals surface area (Å²) < 4.78 is 0. The van der Waals surface area contributed by atoms with Gasteiger partial charge in [-0.25, -0.2) is 0 Å². The van der Waals surface area contributed by atoms with Crippen molar-refractivity contribution in [1.29, 1.82) is 0 Å². The Morgan fingerprint density at radius 1 is 0.269 bits per heavy atom. The van der Waals surface area contributed by atoms with Crippen LogP contribution in [-0.4, -0.2) is 0 Å². The Morgan fingerprint density at radius 3 is 0.872 bits per heavy atom. The molecule has 0 radical (unpaired) electrons. The number of nitrogens with zero attached hydrogens (tertiary/aromatic N) is 2. The van der Waals surface area contributed by atoms with Crippen LogP contribution in [0.2, 0.25) is 0 Å². The molecule has 78 heavy (non-hydrogen) atoms. The maximum Gasteiger partial charge on any atom is 0.0540 e. The van der Waals surface area contributed by atoms with Gasteiger partial charge in [-0.1, -0.05) is 227 Å². The fourth-order valence-corrected chi connectivity index (χ4v) is 12.7. The second-order valence-electron chi connectivity index (χ2n) is 24.5. The van der Waals surface area contributed by atoms with Gasteiger partial charge in [-0.3, -0.25) is 0 Å². The molecule has 0 saturated heterocycles. The third-order valence-electron chi connectivity index (χ3n) is 16.8. The Morgan fingerprint density at radius 2 is 0.564 bits per heavy atom. The molecule has 2 nitrogen and oxygen atoms in total. The highest BCUT2D eigenvalue weighted by atomic mass is 15.1. The molecule has 382 valence electrons. The molecule has 0 atom stereocenters. The second kappa shape index (κ2) is 18.6. The molecule has 0 aliphatic carbocycles. The monoisotopic (exact) mass is 1010 g/mol. The Hall–Kier alpha value is -8.46. The highest BCUT2D eigenvalue weighted by molar-refractivity contribution is 6.47. The molecular formula is C76H68N2. The van der Waals surface area contributed by atoms with Gasteiger partial charge in [-0.2, -0.15) is 0 Å². The van der Waals surface area contributed by atoms with Crippen LogP contribution < -0.4 is 9.80 Å². The molecule has 0 fully saturated rings. The van der Waals surface area contributed by atoms with E-state index in [9.17, 15) is 0 Å². The molecule has 0 bridgehead atoms. The molecule has 0 aliphatic rings. The quantitative estimate of drug-likeness (QED) is 0.135. The van der Waals surface area contributed by atoms with Crippen LogP contribution in [0.1, 0.15) is 103 Å². The fourth-order valence-electron chi connectivity index (χ4n) is 12.7. The SMILES string of the molecule is CC(C)c1ccc(N(c2ccc(C(C)(C)C)cc2)c2ccc3c4c(-c5ccccc5)c5c6cccc7c(N(c8ccc(C(C)C)cc8)c8ccc(C(C)(C)C)cc8)ccc(c5c(-c5ccccc5)c4c4cccc2c43)c76)cc1. The first-order chi connectivity index (χ1) is 37.7. The normalized spacial score (nSPS) is 12.5. The van der Waals surface area contributed by atoms with Gasteiger partial charge >= 0.3 is 0 Å². The number of benzene rings is 11. The van der Waals surface area contributed by atoms with Crippen LogP contribution >= 0.6 is 0 Å². The zero-order valence-corrected chi connectivity index (χ0v) is 46.8. The average molecular weight is 1010 g/mol. The Kier molecular flexibility index (Phi) is 11.7. The summed E-state index contributed by atoms with van der Waals surface area (Å²) in [5.74, 6) is 0.876. The standard InChI is InChI=1S/C76H68N2/c1-47(2)49-27-35-55(36-28-49)77(57-39-31-53(32-40-57)75(5,6)7)65-45-43-63-69-59(65)23-17-25-61(69)71-67(51-19-13-11-14-20-51)74-64-44-46-66(60-24-18-26-62(70(60)64)72(74)68(73(63)71)52-21-15-12-16-22-52)78(56-37-29-50(30-38-56)48(3)4)58-41-33-54(34-42-58)76(8,9)10/h11-48H,1-10H3. The molecule has 13 aromatic rings. The van der Waals surface area contributed by atoms with Crippen LogP contribution in [-0.2, 0) is 10.8 Å². The highest BCUT2D eigenvalue weighted by Crippen LogP contribution is 2.58. The van der Waals surface area contributed by atoms with E-state index in [1.165, 1.54) is 121 Å². The molecule has 0 aliphatic heterocycles. The van der Waals surface area contributed by atoms with Crippen molar-refractivity contribution >= 4 is 98.8 Å². The number of hydrogen-bond donors (Lipinski definition) is 0. The molecule has 0 unspecified atom stereocenters. The van der Waals surface area contributed by atoms with Crippen LogP contribution in [0.25, 0.3) is 86.9 Å². The summed E-state index contributed by atoms with van der Waals surface area (Å²) in [6.45, 7) is 22.8. The van der Waals surface area contributed by atoms with E-state index >= 15 is 0 Å². The molecule has 0 amide bonds. The first-order valence-corrected chi connectivity index (χ1v) is 28.1. The van der Waals surface area contributed by atoms with Crippen molar-refractivity contribution in [1.82, 2.24) is 0 Å². The Bertz CT molecular complexity index is 3990. The van der Waals surface area contributed by atoms with Crippen LogP contribution in [0.3, 0.4) is 0 Å². The van der Waals surface area contributed by atoms with Crippen molar-refractivity contribution < 1.29 is 0 Å². The first-order valence-electron chi connectivity index (χ1n) is 28.1. The molecule has 0 saturated carbocycles. The van der Waals surface area contributed by atoms with Gasteiger partial charge in [-0.05, 0) is 182 Å². The predicted octanol–water partition coefficient (Wildman–Crippen LogP) is 22.6. The van der Waals surface area contributed by atoms with Crippen molar-refractivity contribution in [3.05, 3.63) is 241 Å². The van der Waals surface area contributed by atoms with E-state index in [-0.39, 0.29) is 10.8 Å². The maximum atomic E-state index is 2.48. The second-order valence-corrected chi connectivity index (χ2v) is 24.5. The fraction of sp³-hybridized carbons (Fsp3) is 0.184. The number of fused-ring (bicyclic) bond motifs is 6. The topological polar surface area (TPSA) is 6.48 Å². The van der Waals surface area contributed by atoms with Crippen LogP contribution in [0.15, 0.2) is 218 Å². The summed E-state index contributed by atoms with van der Waals surface area (Å²) in [6, 6.07) is 83.2. The van der Waals surface area contributed by atoms with Gasteiger partial charge in [0.2, 0.25) is 0 Å². The van der Waals surface area contributed by atoms with Gasteiger partial charge in [-0.15, -0.1) is 0 Å². The third-order valence-corrected chi connectivity index (χ3v) is 16.8. The predicted molar refractivity (Wildman–Crippen MR) is 340 cm³/mol. The Balaban J connectivity index is 1.14. The van der Waals surface area contributed by atoms with E-state index in [2.05, 4.69) is 297 Å². The van der Waals surface area contributed by atoms with E-state index in [4.69, 9.17) is 0 Å². The lowest BCUT2D eigenvalue weighted by Gasteiger charge is -2.28. The average Bonchev–Trinajstić information content (AvgIpc) is 2.72. The molecular weight excluding hydrogens is 941 g/mol. The van der Waals surface area contributed by atoms with Gasteiger partial charge in [0.1, 0.15) is 0 Å². The van der Waals surface area contributed by atoms with Gasteiger partial charge in [0.05, 0.1) is 11.4 Å². The largest absolute Gasteiger partial charge is 0.310 e. The van der Waals surface area contributed by atoms with Crippen molar-refractivity contribution in [2.24, 2.45) is 0 Å². The zero-order chi connectivity index (χ0) is 53.8. The molecule has 0 N–H and O–H groups in total. The number of rotatable bonds is 10. The summed E-state index contributed by atoms with van der Waals surface area (Å²) >= 11 is 0. The minimum atomic E-state index is 0.0386. The molecule has 0 aromatic heterocycles. The van der Waals surface area contributed by atoms with E-state index in [1.807, 2.05) is 0 Å². The van der Waals surface area contributed by atoms with Crippen LogP contribution in [0.5, 0.6) is 0 Å². The highest BCUT2D eigenvalue weighted by Gasteiger charge is 2.30.